The fraction of sp³-hybridized carbons (Fsp3) is 0.667. The van der Waals surface area contributed by atoms with Gasteiger partial charge >= 0.3 is 11.9 Å². The van der Waals surface area contributed by atoms with Gasteiger partial charge in [-0.2, -0.15) is 0 Å². The van der Waals surface area contributed by atoms with Crippen LogP contribution in [0.25, 0.3) is 0 Å². The second-order valence-corrected chi connectivity index (χ2v) is 4.01. The number of nitrogens with two attached hydrogens (primary N) is 1. The standard InChI is InChI=1S/C9H16N4O5/c10-1-7(14)13-5-11(2-8(15)16)4-12(6-13)3-9(17)18/h1-6,10H2,(H,15,16)(H,17,18). The number of hydrogen-bond acceptors (Lipinski definition) is 6. The molecule has 0 atom stereocenters. The summed E-state index contributed by atoms with van der Waals surface area (Å²) in [6.07, 6.45) is 0. The average Bonchev–Trinajstić information content (AvgIpc) is 2.25. The highest BCUT2D eigenvalue weighted by Crippen LogP contribution is 2.07. The van der Waals surface area contributed by atoms with Crippen molar-refractivity contribution in [1.29, 1.82) is 0 Å². The van der Waals surface area contributed by atoms with E-state index in [4.69, 9.17) is 15.9 Å². The molecule has 0 radical (unpaired) electrons. The van der Waals surface area contributed by atoms with Crippen LogP contribution in [0.4, 0.5) is 0 Å². The molecule has 18 heavy (non-hydrogen) atoms. The van der Waals surface area contributed by atoms with Crippen molar-refractivity contribution in [3.05, 3.63) is 0 Å². The Morgan fingerprint density at radius 1 is 0.944 bits per heavy atom. The Morgan fingerprint density at radius 2 is 1.39 bits per heavy atom. The van der Waals surface area contributed by atoms with Crippen LogP contribution < -0.4 is 5.73 Å². The van der Waals surface area contributed by atoms with E-state index in [-0.39, 0.29) is 45.5 Å². The molecule has 1 rings (SSSR count). The number of amides is 1. The molecular weight excluding hydrogens is 244 g/mol. The zero-order valence-corrected chi connectivity index (χ0v) is 9.78. The first-order valence-corrected chi connectivity index (χ1v) is 5.28. The third-order valence-corrected chi connectivity index (χ3v) is 2.39. The number of carbonyl (C=O) groups is 3. The van der Waals surface area contributed by atoms with E-state index < -0.39 is 11.9 Å². The molecule has 1 fully saturated rings. The Balaban J connectivity index is 2.68. The molecule has 1 aliphatic rings. The minimum absolute atomic E-state index is 0.137. The molecule has 0 aromatic heterocycles. The molecule has 0 saturated carbocycles. The molecule has 1 heterocycles. The zero-order valence-electron chi connectivity index (χ0n) is 9.78. The highest BCUT2D eigenvalue weighted by Gasteiger charge is 2.28. The molecule has 102 valence electrons. The third-order valence-electron chi connectivity index (χ3n) is 2.39. The van der Waals surface area contributed by atoms with Crippen molar-refractivity contribution < 1.29 is 24.6 Å². The highest BCUT2D eigenvalue weighted by atomic mass is 16.4. The lowest BCUT2D eigenvalue weighted by Crippen LogP contribution is -2.59. The van der Waals surface area contributed by atoms with Crippen LogP contribution in [0.15, 0.2) is 0 Å². The Bertz CT molecular complexity index is 324. The minimum Gasteiger partial charge on any atom is -0.480 e. The maximum atomic E-state index is 11.5. The first-order chi connectivity index (χ1) is 8.42. The maximum absolute atomic E-state index is 11.5. The van der Waals surface area contributed by atoms with E-state index in [0.29, 0.717) is 0 Å². The maximum Gasteiger partial charge on any atom is 0.317 e. The van der Waals surface area contributed by atoms with Crippen molar-refractivity contribution in [3.63, 3.8) is 0 Å². The summed E-state index contributed by atoms with van der Waals surface area (Å²) >= 11 is 0. The molecule has 4 N–H and O–H groups in total. The van der Waals surface area contributed by atoms with Gasteiger partial charge in [0, 0.05) is 0 Å². The van der Waals surface area contributed by atoms with Crippen molar-refractivity contribution in [2.45, 2.75) is 0 Å². The van der Waals surface area contributed by atoms with Gasteiger partial charge in [-0.3, -0.25) is 24.2 Å². The Morgan fingerprint density at radius 3 is 1.72 bits per heavy atom. The molecular formula is C9H16N4O5. The average molecular weight is 260 g/mol. The quantitative estimate of drug-likeness (QED) is 0.492. The monoisotopic (exact) mass is 260 g/mol. The van der Waals surface area contributed by atoms with Gasteiger partial charge in [-0.05, 0) is 0 Å². The largest absolute Gasteiger partial charge is 0.480 e. The lowest BCUT2D eigenvalue weighted by atomic mass is 10.4. The Labute approximate surface area is 103 Å². The number of nitrogens with zero attached hydrogens (tertiary/aromatic N) is 3. The number of carboxylic acids is 2. The zero-order chi connectivity index (χ0) is 13.7. The van der Waals surface area contributed by atoms with E-state index >= 15 is 0 Å². The lowest BCUT2D eigenvalue weighted by Gasteiger charge is -2.40. The number of aliphatic carboxylic acids is 2. The van der Waals surface area contributed by atoms with Gasteiger partial charge in [0.15, 0.2) is 0 Å². The number of rotatable bonds is 5. The van der Waals surface area contributed by atoms with Crippen molar-refractivity contribution in [2.24, 2.45) is 5.73 Å². The van der Waals surface area contributed by atoms with Gasteiger partial charge in [-0.15, -0.1) is 0 Å². The minimum atomic E-state index is -1.03. The van der Waals surface area contributed by atoms with Crippen LogP contribution in [0, 0.1) is 0 Å². The van der Waals surface area contributed by atoms with E-state index in [0.717, 1.165) is 0 Å². The Kier molecular flexibility index (Phi) is 5.01. The van der Waals surface area contributed by atoms with Crippen LogP contribution in [0.1, 0.15) is 0 Å². The van der Waals surface area contributed by atoms with Gasteiger partial charge in [-0.25, -0.2) is 0 Å². The first kappa shape index (κ1) is 14.4. The van der Waals surface area contributed by atoms with Crippen molar-refractivity contribution in [2.75, 3.05) is 39.6 Å². The van der Waals surface area contributed by atoms with Gasteiger partial charge in [0.1, 0.15) is 0 Å². The summed E-state index contributed by atoms with van der Waals surface area (Å²) in [4.78, 5) is 37.0. The summed E-state index contributed by atoms with van der Waals surface area (Å²) in [5.74, 6) is -2.42. The summed E-state index contributed by atoms with van der Waals surface area (Å²) in [5, 5.41) is 17.4. The van der Waals surface area contributed by atoms with Crippen LogP contribution in [-0.2, 0) is 14.4 Å². The molecule has 0 aliphatic carbocycles. The second kappa shape index (κ2) is 6.28. The van der Waals surface area contributed by atoms with E-state index in [1.807, 2.05) is 0 Å². The number of hydrogen-bond donors (Lipinski definition) is 3. The summed E-state index contributed by atoms with van der Waals surface area (Å²) in [6, 6.07) is 0. The predicted molar refractivity (Wildman–Crippen MR) is 59.2 cm³/mol. The van der Waals surface area contributed by atoms with Gasteiger partial charge < -0.3 is 20.8 Å². The summed E-state index contributed by atoms with van der Waals surface area (Å²) in [5.41, 5.74) is 5.24. The van der Waals surface area contributed by atoms with Crippen LogP contribution in [0.5, 0.6) is 0 Å². The fourth-order valence-corrected chi connectivity index (χ4v) is 1.77. The molecule has 0 aromatic carbocycles. The molecule has 9 nitrogen and oxygen atoms in total. The fourth-order valence-electron chi connectivity index (χ4n) is 1.77. The van der Waals surface area contributed by atoms with E-state index in [1.165, 1.54) is 14.7 Å². The predicted octanol–water partition coefficient (Wildman–Crippen LogP) is -2.57. The van der Waals surface area contributed by atoms with Gasteiger partial charge in [0.25, 0.3) is 0 Å². The van der Waals surface area contributed by atoms with Crippen LogP contribution in [-0.4, -0.2) is 82.4 Å². The summed E-state index contributed by atoms with van der Waals surface area (Å²) < 4.78 is 0. The number of carboxylic acid groups (broad SMARTS) is 2. The van der Waals surface area contributed by atoms with E-state index in [1.54, 1.807) is 0 Å². The second-order valence-electron chi connectivity index (χ2n) is 4.01. The SMILES string of the molecule is NCC(=O)N1CN(CC(=O)O)CN(CC(=O)O)C1. The summed E-state index contributed by atoms with van der Waals surface area (Å²) in [7, 11) is 0. The highest BCUT2D eigenvalue weighted by molar-refractivity contribution is 5.78. The smallest absolute Gasteiger partial charge is 0.317 e. The van der Waals surface area contributed by atoms with Gasteiger partial charge in [0.2, 0.25) is 5.91 Å². The van der Waals surface area contributed by atoms with Crippen molar-refractivity contribution in [3.8, 4) is 0 Å². The Hall–Kier alpha value is -1.71. The van der Waals surface area contributed by atoms with E-state index in [2.05, 4.69) is 0 Å². The molecule has 9 heteroatoms. The first-order valence-electron chi connectivity index (χ1n) is 5.28. The molecule has 0 bridgehead atoms. The molecule has 1 saturated heterocycles. The van der Waals surface area contributed by atoms with Crippen LogP contribution in [0.3, 0.4) is 0 Å². The topological polar surface area (TPSA) is 127 Å². The third kappa shape index (κ3) is 4.28. The number of carbonyl (C=O) groups excluding carboxylic acids is 1. The summed E-state index contributed by atoms with van der Waals surface area (Å²) in [6.45, 7) is -0.249. The van der Waals surface area contributed by atoms with Crippen LogP contribution >= 0.6 is 0 Å². The van der Waals surface area contributed by atoms with Gasteiger partial charge in [-0.1, -0.05) is 0 Å². The van der Waals surface area contributed by atoms with Crippen molar-refractivity contribution in [1.82, 2.24) is 14.7 Å². The molecule has 0 unspecified atom stereocenters. The van der Waals surface area contributed by atoms with E-state index in [9.17, 15) is 14.4 Å². The van der Waals surface area contributed by atoms with Gasteiger partial charge in [0.05, 0.1) is 39.6 Å². The van der Waals surface area contributed by atoms with Crippen LogP contribution in [0.2, 0.25) is 0 Å². The molecule has 0 spiro atoms. The molecule has 1 amide bonds. The molecule has 0 aromatic rings. The molecule has 1 aliphatic heterocycles. The normalized spacial score (nSPS) is 17.7. The lowest BCUT2D eigenvalue weighted by molar-refractivity contribution is -0.152. The van der Waals surface area contributed by atoms with Crippen molar-refractivity contribution >= 4 is 17.8 Å².